The molecular formula is C30H42N8O2. The van der Waals surface area contributed by atoms with Gasteiger partial charge in [0.25, 0.3) is 0 Å². The molecule has 2 aromatic heterocycles. The van der Waals surface area contributed by atoms with Gasteiger partial charge in [0, 0.05) is 37.3 Å². The monoisotopic (exact) mass is 546 g/mol. The third-order valence-electron chi connectivity index (χ3n) is 8.95. The van der Waals surface area contributed by atoms with Crippen LogP contribution >= 0.6 is 0 Å². The van der Waals surface area contributed by atoms with Gasteiger partial charge < -0.3 is 30.6 Å². The van der Waals surface area contributed by atoms with Crippen LogP contribution in [0, 0.1) is 0 Å². The lowest BCUT2D eigenvalue weighted by Gasteiger charge is -2.33. The first-order valence-corrected chi connectivity index (χ1v) is 15.0. The molecule has 6 rings (SSSR count). The molecule has 3 aromatic rings. The Morgan fingerprint density at radius 3 is 2.35 bits per heavy atom. The fraction of sp³-hybridized carbons (Fsp3) is 0.600. The summed E-state index contributed by atoms with van der Waals surface area (Å²) in [4.78, 5) is 29.7. The van der Waals surface area contributed by atoms with E-state index in [1.54, 1.807) is 7.11 Å². The van der Waals surface area contributed by atoms with E-state index in [0.29, 0.717) is 30.5 Å². The van der Waals surface area contributed by atoms with E-state index < -0.39 is 0 Å². The molecule has 3 heterocycles. The fourth-order valence-corrected chi connectivity index (χ4v) is 6.47. The number of piperidine rings is 1. The molecule has 1 amide bonds. The second-order valence-electron chi connectivity index (χ2n) is 11.7. The number of benzene rings is 1. The molecule has 0 bridgehead atoms. The number of carbonyl (C=O) groups excluding carboxylic acids is 1. The summed E-state index contributed by atoms with van der Waals surface area (Å²) in [5.74, 6) is 2.43. The Labute approximate surface area is 236 Å². The zero-order valence-electron chi connectivity index (χ0n) is 23.5. The summed E-state index contributed by atoms with van der Waals surface area (Å²) in [6.45, 7) is 1.45. The predicted molar refractivity (Wildman–Crippen MR) is 157 cm³/mol. The first kappa shape index (κ1) is 26.8. The molecule has 4 N–H and O–H groups in total. The number of nitrogens with two attached hydrogens (primary N) is 1. The second-order valence-corrected chi connectivity index (χ2v) is 11.7. The molecule has 0 spiro atoms. The average Bonchev–Trinajstić information content (AvgIpc) is 3.65. The van der Waals surface area contributed by atoms with Crippen molar-refractivity contribution < 1.29 is 9.53 Å². The van der Waals surface area contributed by atoms with E-state index in [-0.39, 0.29) is 11.9 Å². The lowest BCUT2D eigenvalue weighted by atomic mass is 9.92. The van der Waals surface area contributed by atoms with Crippen molar-refractivity contribution in [3.05, 3.63) is 36.2 Å². The summed E-state index contributed by atoms with van der Waals surface area (Å²) < 4.78 is 7.49. The third-order valence-corrected chi connectivity index (χ3v) is 8.95. The SMILES string of the molecule is COc1ccc(CC(=O)N2CCC(Nc3nc(N[C@H]4CC[C@H](N)CC4)nc4c3ncn4C3CCCC3)CC2)cc1. The molecule has 0 unspecified atom stereocenters. The highest BCUT2D eigenvalue weighted by Gasteiger charge is 2.27. The molecule has 3 fully saturated rings. The largest absolute Gasteiger partial charge is 0.497 e. The van der Waals surface area contributed by atoms with Crippen LogP contribution in [0.4, 0.5) is 11.8 Å². The van der Waals surface area contributed by atoms with Gasteiger partial charge in [-0.1, -0.05) is 25.0 Å². The summed E-state index contributed by atoms with van der Waals surface area (Å²) in [6.07, 6.45) is 13.1. The molecule has 1 saturated heterocycles. The molecule has 40 heavy (non-hydrogen) atoms. The number of carbonyl (C=O) groups is 1. The lowest BCUT2D eigenvalue weighted by molar-refractivity contribution is -0.131. The van der Waals surface area contributed by atoms with Crippen LogP contribution < -0.4 is 21.1 Å². The first-order chi connectivity index (χ1) is 19.6. The van der Waals surface area contributed by atoms with Gasteiger partial charge in [-0.05, 0) is 69.1 Å². The number of nitrogens with zero attached hydrogens (tertiary/aromatic N) is 5. The molecule has 10 heteroatoms. The normalized spacial score (nSPS) is 22.5. The highest BCUT2D eigenvalue weighted by Crippen LogP contribution is 2.34. The van der Waals surface area contributed by atoms with Crippen LogP contribution in [0.5, 0.6) is 5.75 Å². The average molecular weight is 547 g/mol. The Balaban J connectivity index is 1.14. The number of anilines is 2. The molecule has 1 aromatic carbocycles. The van der Waals surface area contributed by atoms with E-state index in [9.17, 15) is 4.79 Å². The maximum absolute atomic E-state index is 13.0. The smallest absolute Gasteiger partial charge is 0.227 e. The highest BCUT2D eigenvalue weighted by molar-refractivity contribution is 5.84. The molecule has 1 aliphatic heterocycles. The van der Waals surface area contributed by atoms with Gasteiger partial charge in [0.15, 0.2) is 17.0 Å². The van der Waals surface area contributed by atoms with Gasteiger partial charge in [-0.2, -0.15) is 9.97 Å². The summed E-state index contributed by atoms with van der Waals surface area (Å²) in [5, 5.41) is 7.31. The number of amides is 1. The number of methoxy groups -OCH3 is 1. The van der Waals surface area contributed by atoms with Gasteiger partial charge in [0.05, 0.1) is 19.9 Å². The van der Waals surface area contributed by atoms with E-state index in [0.717, 1.165) is 79.9 Å². The van der Waals surface area contributed by atoms with Crippen molar-refractivity contribution in [2.24, 2.45) is 5.73 Å². The van der Waals surface area contributed by atoms with Gasteiger partial charge in [-0.3, -0.25) is 4.79 Å². The minimum Gasteiger partial charge on any atom is -0.497 e. The molecular weight excluding hydrogens is 504 g/mol. The van der Waals surface area contributed by atoms with Crippen molar-refractivity contribution in [2.75, 3.05) is 30.8 Å². The van der Waals surface area contributed by atoms with Gasteiger partial charge >= 0.3 is 0 Å². The molecule has 3 aliphatic rings. The Kier molecular flexibility index (Phi) is 8.04. The topological polar surface area (TPSA) is 123 Å². The second kappa shape index (κ2) is 12.0. The van der Waals surface area contributed by atoms with Crippen molar-refractivity contribution in [3.8, 4) is 5.75 Å². The van der Waals surface area contributed by atoms with Gasteiger partial charge in [-0.25, -0.2) is 4.98 Å². The van der Waals surface area contributed by atoms with E-state index in [4.69, 9.17) is 25.4 Å². The van der Waals surface area contributed by atoms with Crippen molar-refractivity contribution in [1.29, 1.82) is 0 Å². The van der Waals surface area contributed by atoms with E-state index in [1.165, 1.54) is 25.7 Å². The molecule has 2 saturated carbocycles. The van der Waals surface area contributed by atoms with Gasteiger partial charge in [0.2, 0.25) is 11.9 Å². The maximum Gasteiger partial charge on any atom is 0.227 e. The van der Waals surface area contributed by atoms with Crippen LogP contribution in [0.2, 0.25) is 0 Å². The minimum absolute atomic E-state index is 0.169. The van der Waals surface area contributed by atoms with E-state index in [2.05, 4.69) is 15.2 Å². The summed E-state index contributed by atoms with van der Waals surface area (Å²) in [6, 6.07) is 9.05. The number of aromatic nitrogens is 4. The number of likely N-dealkylation sites (tertiary alicyclic amines) is 1. The van der Waals surface area contributed by atoms with Crippen molar-refractivity contribution in [1.82, 2.24) is 24.4 Å². The fourth-order valence-electron chi connectivity index (χ4n) is 6.47. The molecule has 10 nitrogen and oxygen atoms in total. The number of imidazole rings is 1. The molecule has 0 atom stereocenters. The zero-order valence-corrected chi connectivity index (χ0v) is 23.5. The van der Waals surface area contributed by atoms with Crippen LogP contribution in [0.3, 0.4) is 0 Å². The number of ether oxygens (including phenoxy) is 1. The summed E-state index contributed by atoms with van der Waals surface area (Å²) in [7, 11) is 1.65. The first-order valence-electron chi connectivity index (χ1n) is 15.0. The highest BCUT2D eigenvalue weighted by atomic mass is 16.5. The van der Waals surface area contributed by atoms with Crippen molar-refractivity contribution in [3.63, 3.8) is 0 Å². The Morgan fingerprint density at radius 2 is 1.65 bits per heavy atom. The summed E-state index contributed by atoms with van der Waals surface area (Å²) >= 11 is 0. The van der Waals surface area contributed by atoms with Crippen LogP contribution in [-0.4, -0.2) is 68.7 Å². The number of hydrogen-bond acceptors (Lipinski definition) is 8. The zero-order chi connectivity index (χ0) is 27.5. The van der Waals surface area contributed by atoms with E-state index >= 15 is 0 Å². The van der Waals surface area contributed by atoms with Gasteiger partial charge in [-0.15, -0.1) is 0 Å². The van der Waals surface area contributed by atoms with Crippen LogP contribution in [0.1, 0.15) is 75.8 Å². The van der Waals surface area contributed by atoms with Gasteiger partial charge in [0.1, 0.15) is 5.75 Å². The molecule has 2 aliphatic carbocycles. The predicted octanol–water partition coefficient (Wildman–Crippen LogP) is 4.28. The van der Waals surface area contributed by atoms with Crippen molar-refractivity contribution in [2.45, 2.75) is 94.8 Å². The Bertz CT molecular complexity index is 1290. The van der Waals surface area contributed by atoms with E-state index in [1.807, 2.05) is 35.5 Å². The van der Waals surface area contributed by atoms with Crippen LogP contribution in [0.15, 0.2) is 30.6 Å². The minimum atomic E-state index is 0.169. The maximum atomic E-state index is 13.0. The quantitative estimate of drug-likeness (QED) is 0.383. The Morgan fingerprint density at radius 1 is 0.950 bits per heavy atom. The number of fused-ring (bicyclic) bond motifs is 1. The number of hydrogen-bond donors (Lipinski definition) is 3. The van der Waals surface area contributed by atoms with Crippen LogP contribution in [0.25, 0.3) is 11.2 Å². The third kappa shape index (κ3) is 6.01. The lowest BCUT2D eigenvalue weighted by Crippen LogP contribution is -2.43. The molecule has 214 valence electrons. The summed E-state index contributed by atoms with van der Waals surface area (Å²) in [5.41, 5.74) is 8.89. The standard InChI is InChI=1S/C30H42N8O2/c1-40-25-12-6-20(7-13-25)18-26(39)37-16-14-23(15-17-37)33-28-27-29(38(19-32-27)24-4-2-3-5-24)36-30(35-28)34-22-10-8-21(31)9-11-22/h6-7,12-13,19,21-24H,2-5,8-11,14-18,31H2,1H3,(H2,33,34,35,36)/t21-,22-. The molecule has 0 radical (unpaired) electrons. The number of rotatable bonds is 8. The van der Waals surface area contributed by atoms with Crippen LogP contribution in [-0.2, 0) is 11.2 Å². The number of nitrogens with one attached hydrogen (secondary N) is 2. The Hall–Kier alpha value is -3.40. The van der Waals surface area contributed by atoms with Crippen molar-refractivity contribution >= 4 is 28.8 Å².